The molecule has 0 saturated carbocycles. The minimum atomic E-state index is -3.29. The van der Waals surface area contributed by atoms with Gasteiger partial charge in [-0.1, -0.05) is 0 Å². The number of rotatable bonds is 6. The van der Waals surface area contributed by atoms with E-state index in [1.165, 1.54) is 18.5 Å². The monoisotopic (exact) mass is 475 g/mol. The lowest BCUT2D eigenvalue weighted by molar-refractivity contribution is 0.0123. The lowest BCUT2D eigenvalue weighted by Gasteiger charge is -2.33. The predicted molar refractivity (Wildman–Crippen MR) is 124 cm³/mol. The van der Waals surface area contributed by atoms with E-state index in [1.807, 2.05) is 20.8 Å². The number of hydrogen-bond donors (Lipinski definition) is 2. The number of hydrogen-bond acceptors (Lipinski definition) is 9. The smallest absolute Gasteiger partial charge is 0.410 e. The number of sulfone groups is 1. The van der Waals surface area contributed by atoms with Crippen molar-refractivity contribution in [3.05, 3.63) is 36.2 Å². The number of carbonyl (C=O) groups excluding carboxylic acids is 1. The number of aromatic nitrogens is 2. The van der Waals surface area contributed by atoms with Crippen LogP contribution in [-0.4, -0.2) is 66.6 Å². The summed E-state index contributed by atoms with van der Waals surface area (Å²) in [5, 5.41) is 10.9. The molecule has 3 rings (SSSR count). The molecule has 2 heterocycles. The summed E-state index contributed by atoms with van der Waals surface area (Å²) >= 11 is 0. The highest BCUT2D eigenvalue weighted by Gasteiger charge is 2.28. The number of benzene rings is 1. The molecule has 0 spiro atoms. The van der Waals surface area contributed by atoms with E-state index in [0.717, 1.165) is 12.5 Å². The maximum Gasteiger partial charge on any atom is 0.410 e. The Hall–Kier alpha value is -3.21. The summed E-state index contributed by atoms with van der Waals surface area (Å²) in [4.78, 5) is 22.5. The molecule has 1 aliphatic heterocycles. The lowest BCUT2D eigenvalue weighted by atomic mass is 10.1. The number of piperidine rings is 1. The van der Waals surface area contributed by atoms with Crippen LogP contribution in [-0.2, 0) is 14.6 Å². The Bertz CT molecular complexity index is 1100. The molecule has 1 aliphatic rings. The topological polar surface area (TPSA) is 135 Å². The zero-order valence-corrected chi connectivity index (χ0v) is 20.0. The molecule has 1 saturated heterocycles. The Labute approximate surface area is 193 Å². The van der Waals surface area contributed by atoms with Gasteiger partial charge in [-0.15, -0.1) is 0 Å². The molecule has 0 aliphatic carbocycles. The van der Waals surface area contributed by atoms with Gasteiger partial charge in [0.15, 0.2) is 9.84 Å². The second-order valence-electron chi connectivity index (χ2n) is 8.79. The van der Waals surface area contributed by atoms with Crippen LogP contribution in [0.5, 0.6) is 5.88 Å². The third-order valence-electron chi connectivity index (χ3n) is 4.91. The first-order chi connectivity index (χ1) is 15.5. The first kappa shape index (κ1) is 24.4. The van der Waals surface area contributed by atoms with Gasteiger partial charge in [-0.25, -0.2) is 23.2 Å². The van der Waals surface area contributed by atoms with Crippen LogP contribution in [0.15, 0.2) is 35.5 Å². The molecule has 1 aromatic heterocycles. The van der Waals surface area contributed by atoms with Crippen molar-refractivity contribution in [2.45, 2.75) is 50.2 Å². The van der Waals surface area contributed by atoms with E-state index in [-0.39, 0.29) is 23.0 Å². The highest BCUT2D eigenvalue weighted by atomic mass is 32.2. The van der Waals surface area contributed by atoms with Crippen molar-refractivity contribution in [1.82, 2.24) is 14.9 Å². The van der Waals surface area contributed by atoms with Crippen LogP contribution in [0.3, 0.4) is 0 Å². The van der Waals surface area contributed by atoms with Crippen LogP contribution < -0.4 is 10.1 Å². The Morgan fingerprint density at radius 3 is 2.36 bits per heavy atom. The third-order valence-corrected chi connectivity index (χ3v) is 6.04. The van der Waals surface area contributed by atoms with Crippen LogP contribution >= 0.6 is 0 Å². The summed E-state index contributed by atoms with van der Waals surface area (Å²) in [5.74, 6) is 0.638. The fraction of sp³-hybridized carbons (Fsp3) is 0.455. The summed E-state index contributed by atoms with van der Waals surface area (Å²) in [7, 11) is -3.29. The first-order valence-electron chi connectivity index (χ1n) is 10.5. The molecular weight excluding hydrogens is 446 g/mol. The molecular formula is C22H29N5O5S. The summed E-state index contributed by atoms with van der Waals surface area (Å²) in [5.41, 5.74) is 0.443. The average molecular weight is 476 g/mol. The van der Waals surface area contributed by atoms with Gasteiger partial charge >= 0.3 is 6.09 Å². The van der Waals surface area contributed by atoms with Crippen LogP contribution in [0.1, 0.15) is 39.2 Å². The summed E-state index contributed by atoms with van der Waals surface area (Å²) in [6.07, 6.45) is 4.31. The fourth-order valence-electron chi connectivity index (χ4n) is 3.27. The maximum absolute atomic E-state index is 12.2. The fourth-order valence-corrected chi connectivity index (χ4v) is 3.90. The minimum Gasteiger partial charge on any atom is -0.474 e. The molecule has 1 aromatic carbocycles. The van der Waals surface area contributed by atoms with E-state index in [2.05, 4.69) is 15.3 Å². The number of likely N-dealkylation sites (tertiary alicyclic amines) is 1. The van der Waals surface area contributed by atoms with Crippen molar-refractivity contribution in [2.75, 3.05) is 24.7 Å². The van der Waals surface area contributed by atoms with Crippen molar-refractivity contribution in [2.24, 2.45) is 0 Å². The summed E-state index contributed by atoms with van der Waals surface area (Å²) < 4.78 is 34.7. The summed E-state index contributed by atoms with van der Waals surface area (Å²) in [6, 6.07) is 6.25. The number of amides is 1. The molecule has 2 N–H and O–H groups in total. The molecule has 2 aromatic rings. The number of carbonyl (C=O) groups is 1. The molecule has 0 radical (unpaired) electrons. The zero-order valence-electron chi connectivity index (χ0n) is 19.2. The minimum absolute atomic E-state index is 0.167. The van der Waals surface area contributed by atoms with E-state index in [1.54, 1.807) is 17.0 Å². The van der Waals surface area contributed by atoms with Crippen LogP contribution in [0, 0.1) is 5.41 Å². The summed E-state index contributed by atoms with van der Waals surface area (Å²) in [6.45, 7) is 6.51. The zero-order chi connectivity index (χ0) is 24.2. The van der Waals surface area contributed by atoms with Gasteiger partial charge in [0.25, 0.3) is 0 Å². The van der Waals surface area contributed by atoms with Crippen molar-refractivity contribution in [3.63, 3.8) is 0 Å². The second-order valence-corrected chi connectivity index (χ2v) is 10.8. The van der Waals surface area contributed by atoms with E-state index < -0.39 is 15.4 Å². The third kappa shape index (κ3) is 6.64. The molecule has 0 atom stereocenters. The molecule has 1 fully saturated rings. The molecule has 10 nitrogen and oxygen atoms in total. The van der Waals surface area contributed by atoms with Gasteiger partial charge in [-0.2, -0.15) is 0 Å². The van der Waals surface area contributed by atoms with Crippen LogP contribution in [0.25, 0.3) is 0 Å². The first-order valence-corrected chi connectivity index (χ1v) is 12.4. The predicted octanol–water partition coefficient (Wildman–Crippen LogP) is 3.40. The van der Waals surface area contributed by atoms with E-state index in [0.29, 0.717) is 43.0 Å². The highest BCUT2D eigenvalue weighted by molar-refractivity contribution is 7.90. The standard InChI is InChI=1S/C22H29N5O5S/c1-22(2,3)32-21(28)27-11-9-16(10-12-27)31-20-18(13-23)19(24-14-25-20)26-15-5-7-17(8-6-15)33(4,29)30/h5-8,13-14,16,23H,9-12H2,1-4H3,(H,24,25,26). The van der Waals surface area contributed by atoms with Crippen molar-refractivity contribution < 1.29 is 22.7 Å². The van der Waals surface area contributed by atoms with E-state index in [4.69, 9.17) is 14.9 Å². The number of nitrogens with one attached hydrogen (secondary N) is 2. The van der Waals surface area contributed by atoms with Crippen LogP contribution in [0.4, 0.5) is 16.3 Å². The van der Waals surface area contributed by atoms with Crippen molar-refractivity contribution in [3.8, 4) is 5.88 Å². The van der Waals surface area contributed by atoms with Gasteiger partial charge in [0, 0.05) is 44.1 Å². The molecule has 33 heavy (non-hydrogen) atoms. The number of anilines is 2. The van der Waals surface area contributed by atoms with Gasteiger partial charge in [0.05, 0.1) is 10.5 Å². The van der Waals surface area contributed by atoms with Gasteiger partial charge < -0.3 is 25.1 Å². The average Bonchev–Trinajstić information content (AvgIpc) is 2.73. The SMILES string of the molecule is CC(C)(C)OC(=O)N1CCC(Oc2ncnc(Nc3ccc(S(C)(=O)=O)cc3)c2C=N)CC1. The molecule has 0 bridgehead atoms. The Kier molecular flexibility index (Phi) is 7.21. The van der Waals surface area contributed by atoms with Gasteiger partial charge in [-0.3, -0.25) is 0 Å². The quantitative estimate of drug-likeness (QED) is 0.607. The van der Waals surface area contributed by atoms with Gasteiger partial charge in [0.2, 0.25) is 5.88 Å². The van der Waals surface area contributed by atoms with Gasteiger partial charge in [0.1, 0.15) is 23.9 Å². The molecule has 1 amide bonds. The van der Waals surface area contributed by atoms with Crippen molar-refractivity contribution >= 4 is 33.7 Å². The lowest BCUT2D eigenvalue weighted by Crippen LogP contribution is -2.44. The Morgan fingerprint density at radius 1 is 1.18 bits per heavy atom. The van der Waals surface area contributed by atoms with Crippen molar-refractivity contribution in [1.29, 1.82) is 5.41 Å². The maximum atomic E-state index is 12.2. The Morgan fingerprint density at radius 2 is 1.82 bits per heavy atom. The number of ether oxygens (including phenoxy) is 2. The molecule has 0 unspecified atom stereocenters. The number of nitrogens with zero attached hydrogens (tertiary/aromatic N) is 3. The second kappa shape index (κ2) is 9.74. The van der Waals surface area contributed by atoms with E-state index in [9.17, 15) is 13.2 Å². The normalized spacial score (nSPS) is 15.1. The Balaban J connectivity index is 1.66. The van der Waals surface area contributed by atoms with E-state index >= 15 is 0 Å². The van der Waals surface area contributed by atoms with Crippen LogP contribution in [0.2, 0.25) is 0 Å². The largest absolute Gasteiger partial charge is 0.474 e. The molecule has 11 heteroatoms. The van der Waals surface area contributed by atoms with Gasteiger partial charge in [-0.05, 0) is 45.0 Å². The molecule has 178 valence electrons. The highest BCUT2D eigenvalue weighted by Crippen LogP contribution is 2.27.